The summed E-state index contributed by atoms with van der Waals surface area (Å²) < 4.78 is 10.5. The van der Waals surface area contributed by atoms with Crippen molar-refractivity contribution in [3.63, 3.8) is 0 Å². The number of carboxylic acids is 1. The topological polar surface area (TPSA) is 72.6 Å². The van der Waals surface area contributed by atoms with Gasteiger partial charge in [-0.25, -0.2) is 9.78 Å². The van der Waals surface area contributed by atoms with E-state index in [1.807, 2.05) is 20.8 Å². The first-order valence-corrected chi connectivity index (χ1v) is 5.86. The van der Waals surface area contributed by atoms with Gasteiger partial charge in [0.2, 0.25) is 5.76 Å². The Bertz CT molecular complexity index is 371. The molecule has 0 saturated carbocycles. The van der Waals surface area contributed by atoms with Crippen LogP contribution in [0.2, 0.25) is 0 Å². The van der Waals surface area contributed by atoms with Gasteiger partial charge in [0.25, 0.3) is 0 Å². The van der Waals surface area contributed by atoms with Crippen LogP contribution in [-0.2, 0) is 11.2 Å². The fourth-order valence-electron chi connectivity index (χ4n) is 1.44. The zero-order chi connectivity index (χ0) is 12.8. The Hall–Kier alpha value is -1.36. The molecule has 0 aliphatic heterocycles. The summed E-state index contributed by atoms with van der Waals surface area (Å²) in [5.41, 5.74) is 0.503. The van der Waals surface area contributed by atoms with Gasteiger partial charge in [-0.1, -0.05) is 20.8 Å². The van der Waals surface area contributed by atoms with Crippen LogP contribution in [-0.4, -0.2) is 29.3 Å². The molecule has 0 radical (unpaired) electrons. The van der Waals surface area contributed by atoms with E-state index in [0.29, 0.717) is 31.2 Å². The van der Waals surface area contributed by atoms with Crippen LogP contribution in [0.4, 0.5) is 0 Å². The number of hydrogen-bond donors (Lipinski definition) is 1. The maximum atomic E-state index is 11.0. The zero-order valence-corrected chi connectivity index (χ0v) is 10.5. The summed E-state index contributed by atoms with van der Waals surface area (Å²) in [4.78, 5) is 15.2. The van der Waals surface area contributed by atoms with Crippen molar-refractivity contribution in [1.82, 2.24) is 4.98 Å². The SMILES string of the molecule is CCCOCCc1nc(C(C)C)c(C(=O)O)o1. The molecule has 1 rings (SSSR count). The van der Waals surface area contributed by atoms with E-state index >= 15 is 0 Å². The molecule has 0 saturated heterocycles. The molecule has 0 aromatic carbocycles. The molecule has 0 unspecified atom stereocenters. The Balaban J connectivity index is 2.68. The molecule has 5 nitrogen and oxygen atoms in total. The van der Waals surface area contributed by atoms with E-state index in [1.165, 1.54) is 0 Å². The number of aromatic carboxylic acids is 1. The van der Waals surface area contributed by atoms with Crippen molar-refractivity contribution in [2.45, 2.75) is 39.5 Å². The highest BCUT2D eigenvalue weighted by molar-refractivity contribution is 5.85. The number of aromatic nitrogens is 1. The Morgan fingerprint density at radius 3 is 2.65 bits per heavy atom. The summed E-state index contributed by atoms with van der Waals surface area (Å²) in [7, 11) is 0. The van der Waals surface area contributed by atoms with Crippen molar-refractivity contribution in [3.8, 4) is 0 Å². The van der Waals surface area contributed by atoms with Crippen LogP contribution in [0.1, 0.15) is 55.2 Å². The average molecular weight is 241 g/mol. The minimum absolute atomic E-state index is 0.0372. The number of ether oxygens (including phenoxy) is 1. The molecule has 0 fully saturated rings. The molecule has 5 heteroatoms. The third-order valence-electron chi connectivity index (χ3n) is 2.25. The molecule has 1 heterocycles. The van der Waals surface area contributed by atoms with Gasteiger partial charge >= 0.3 is 5.97 Å². The summed E-state index contributed by atoms with van der Waals surface area (Å²) in [5.74, 6) is -0.648. The van der Waals surface area contributed by atoms with E-state index in [4.69, 9.17) is 14.3 Å². The van der Waals surface area contributed by atoms with Crippen molar-refractivity contribution in [1.29, 1.82) is 0 Å². The molecule has 1 aromatic rings. The van der Waals surface area contributed by atoms with Crippen molar-refractivity contribution < 1.29 is 19.1 Å². The third-order valence-corrected chi connectivity index (χ3v) is 2.25. The van der Waals surface area contributed by atoms with Gasteiger partial charge in [0.1, 0.15) is 0 Å². The molecule has 0 bridgehead atoms. The third kappa shape index (κ3) is 3.85. The lowest BCUT2D eigenvalue weighted by Gasteiger charge is -1.98. The maximum Gasteiger partial charge on any atom is 0.373 e. The van der Waals surface area contributed by atoms with Gasteiger partial charge in [-0.15, -0.1) is 0 Å². The first-order chi connectivity index (χ1) is 8.06. The molecule has 0 spiro atoms. The molecular weight excluding hydrogens is 222 g/mol. The van der Waals surface area contributed by atoms with Crippen LogP contribution in [0.5, 0.6) is 0 Å². The summed E-state index contributed by atoms with van der Waals surface area (Å²) in [6, 6.07) is 0. The first kappa shape index (κ1) is 13.7. The lowest BCUT2D eigenvalue weighted by atomic mass is 10.1. The fraction of sp³-hybridized carbons (Fsp3) is 0.667. The second kappa shape index (κ2) is 6.39. The first-order valence-electron chi connectivity index (χ1n) is 5.86. The minimum atomic E-state index is -1.07. The van der Waals surface area contributed by atoms with Gasteiger partial charge in [-0.2, -0.15) is 0 Å². The second-order valence-corrected chi connectivity index (χ2v) is 4.14. The van der Waals surface area contributed by atoms with Crippen LogP contribution in [0.25, 0.3) is 0 Å². The summed E-state index contributed by atoms with van der Waals surface area (Å²) in [6.45, 7) is 7.02. The van der Waals surface area contributed by atoms with Crippen LogP contribution in [0.15, 0.2) is 4.42 Å². The van der Waals surface area contributed by atoms with E-state index < -0.39 is 5.97 Å². The molecule has 0 amide bonds. The molecular formula is C12H19NO4. The van der Waals surface area contributed by atoms with Gasteiger partial charge in [0, 0.05) is 13.0 Å². The van der Waals surface area contributed by atoms with Gasteiger partial charge in [0.15, 0.2) is 5.89 Å². The van der Waals surface area contributed by atoms with E-state index in [1.54, 1.807) is 0 Å². The maximum absolute atomic E-state index is 11.0. The molecule has 1 aromatic heterocycles. The largest absolute Gasteiger partial charge is 0.475 e. The Labute approximate surface area is 101 Å². The number of oxazole rings is 1. The van der Waals surface area contributed by atoms with E-state index in [2.05, 4.69) is 4.98 Å². The van der Waals surface area contributed by atoms with Gasteiger partial charge in [0.05, 0.1) is 12.3 Å². The van der Waals surface area contributed by atoms with E-state index in [9.17, 15) is 4.79 Å². The summed E-state index contributed by atoms with van der Waals surface area (Å²) in [6.07, 6.45) is 1.47. The number of rotatable bonds is 7. The molecule has 0 aliphatic rings. The average Bonchev–Trinajstić information content (AvgIpc) is 2.69. The summed E-state index contributed by atoms with van der Waals surface area (Å²) >= 11 is 0. The predicted octanol–water partition coefficient (Wildman–Crippen LogP) is 2.47. The Morgan fingerprint density at radius 1 is 1.47 bits per heavy atom. The second-order valence-electron chi connectivity index (χ2n) is 4.14. The standard InChI is InChI=1S/C12H19NO4/c1-4-6-16-7-5-9-13-10(8(2)3)11(17-9)12(14)15/h8H,4-7H2,1-3H3,(H,14,15). The monoisotopic (exact) mass is 241 g/mol. The fourth-order valence-corrected chi connectivity index (χ4v) is 1.44. The predicted molar refractivity (Wildman–Crippen MR) is 62.4 cm³/mol. The van der Waals surface area contributed by atoms with Gasteiger partial charge in [-0.05, 0) is 12.3 Å². The highest BCUT2D eigenvalue weighted by Crippen LogP contribution is 2.20. The minimum Gasteiger partial charge on any atom is -0.475 e. The number of carbonyl (C=O) groups is 1. The normalized spacial score (nSPS) is 11.1. The van der Waals surface area contributed by atoms with Gasteiger partial charge in [-0.3, -0.25) is 0 Å². The number of carboxylic acid groups (broad SMARTS) is 1. The van der Waals surface area contributed by atoms with Crippen molar-refractivity contribution in [2.24, 2.45) is 0 Å². The highest BCUT2D eigenvalue weighted by atomic mass is 16.5. The smallest absolute Gasteiger partial charge is 0.373 e. The molecule has 0 aliphatic carbocycles. The zero-order valence-electron chi connectivity index (χ0n) is 10.5. The van der Waals surface area contributed by atoms with Crippen molar-refractivity contribution in [2.75, 3.05) is 13.2 Å². The molecule has 17 heavy (non-hydrogen) atoms. The molecule has 96 valence electrons. The lowest BCUT2D eigenvalue weighted by molar-refractivity contribution is 0.0656. The number of hydrogen-bond acceptors (Lipinski definition) is 4. The van der Waals surface area contributed by atoms with Crippen molar-refractivity contribution >= 4 is 5.97 Å². The van der Waals surface area contributed by atoms with Crippen LogP contribution < -0.4 is 0 Å². The highest BCUT2D eigenvalue weighted by Gasteiger charge is 2.21. The quantitative estimate of drug-likeness (QED) is 0.742. The Kier molecular flexibility index (Phi) is 5.15. The van der Waals surface area contributed by atoms with Crippen LogP contribution in [0.3, 0.4) is 0 Å². The molecule has 1 N–H and O–H groups in total. The van der Waals surface area contributed by atoms with Gasteiger partial charge < -0.3 is 14.3 Å². The van der Waals surface area contributed by atoms with Crippen LogP contribution in [0, 0.1) is 0 Å². The van der Waals surface area contributed by atoms with Crippen LogP contribution >= 0.6 is 0 Å². The summed E-state index contributed by atoms with van der Waals surface area (Å²) in [5, 5.41) is 8.97. The molecule has 0 atom stereocenters. The number of nitrogens with zero attached hydrogens (tertiary/aromatic N) is 1. The Morgan fingerprint density at radius 2 is 2.18 bits per heavy atom. The van der Waals surface area contributed by atoms with E-state index in [0.717, 1.165) is 6.42 Å². The van der Waals surface area contributed by atoms with E-state index in [-0.39, 0.29) is 11.7 Å². The lowest BCUT2D eigenvalue weighted by Crippen LogP contribution is -2.01. The van der Waals surface area contributed by atoms with Crippen molar-refractivity contribution in [3.05, 3.63) is 17.3 Å².